The maximum absolute atomic E-state index is 12.4. The quantitative estimate of drug-likeness (QED) is 0.457. The highest BCUT2D eigenvalue weighted by Crippen LogP contribution is 2.26. The molecule has 0 radical (unpaired) electrons. The van der Waals surface area contributed by atoms with Gasteiger partial charge in [0.2, 0.25) is 0 Å². The summed E-state index contributed by atoms with van der Waals surface area (Å²) in [7, 11) is 4.24. The van der Waals surface area contributed by atoms with Crippen molar-refractivity contribution < 1.29 is 13.7 Å². The summed E-state index contributed by atoms with van der Waals surface area (Å²) in [4.78, 5) is 1.84. The van der Waals surface area contributed by atoms with E-state index in [1.807, 2.05) is 0 Å². The second-order valence-electron chi connectivity index (χ2n) is 6.46. The Kier molecular flexibility index (Phi) is 8.47. The van der Waals surface area contributed by atoms with Gasteiger partial charge in [-0.2, -0.15) is 8.78 Å². The number of rotatable bonds is 8. The van der Waals surface area contributed by atoms with Crippen LogP contribution < -0.4 is 15.5 Å². The van der Waals surface area contributed by atoms with E-state index in [1.165, 1.54) is 16.0 Å². The van der Waals surface area contributed by atoms with E-state index >= 15 is 0 Å². The zero-order valence-corrected chi connectivity index (χ0v) is 17.4. The highest BCUT2D eigenvalue weighted by Gasteiger charge is 2.18. The molecule has 3 N–H and O–H groups in total. The number of alkyl halides is 2. The first kappa shape index (κ1) is 21.6. The molecule has 0 spiro atoms. The van der Waals surface area contributed by atoms with Crippen molar-refractivity contribution in [2.45, 2.75) is 30.0 Å². The Morgan fingerprint density at radius 1 is 1.07 bits per heavy atom. The topological polar surface area (TPSA) is 28.5 Å². The molecular weight excluding hydrogens is 384 g/mol. The molecule has 27 heavy (non-hydrogen) atoms. The van der Waals surface area contributed by atoms with Gasteiger partial charge >= 0.3 is 0 Å². The van der Waals surface area contributed by atoms with Crippen molar-refractivity contribution in [1.82, 2.24) is 5.32 Å². The van der Waals surface area contributed by atoms with Crippen molar-refractivity contribution in [3.63, 3.8) is 0 Å². The number of thioether (sulfide) groups is 1. The van der Waals surface area contributed by atoms with Gasteiger partial charge in [0, 0.05) is 16.1 Å². The monoisotopic (exact) mass is 410 g/mol. The van der Waals surface area contributed by atoms with Crippen molar-refractivity contribution in [3.8, 4) is 0 Å². The molecule has 0 saturated heterocycles. The molecule has 2 aromatic rings. The first-order valence-electron chi connectivity index (χ1n) is 8.87. The van der Waals surface area contributed by atoms with Gasteiger partial charge in [-0.1, -0.05) is 43.0 Å². The lowest BCUT2D eigenvalue weighted by molar-refractivity contribution is -0.890. The van der Waals surface area contributed by atoms with Gasteiger partial charge in [0.1, 0.15) is 6.04 Å². The minimum absolute atomic E-state index is 0.264. The molecule has 0 heterocycles. The summed E-state index contributed by atoms with van der Waals surface area (Å²) in [6.07, 6.45) is 1.03. The molecule has 0 saturated carbocycles. The molecular formula is C20H26F2N3S2+. The van der Waals surface area contributed by atoms with Gasteiger partial charge in [-0.05, 0) is 48.5 Å². The molecule has 0 unspecified atom stereocenters. The largest absolute Gasteiger partial charge is 0.356 e. The Balaban J connectivity index is 1.91. The van der Waals surface area contributed by atoms with E-state index in [-0.39, 0.29) is 6.04 Å². The minimum Gasteiger partial charge on any atom is -0.356 e. The molecule has 0 aromatic heterocycles. The van der Waals surface area contributed by atoms with Crippen molar-refractivity contribution in [2.24, 2.45) is 0 Å². The van der Waals surface area contributed by atoms with Crippen molar-refractivity contribution >= 4 is 34.8 Å². The van der Waals surface area contributed by atoms with Crippen LogP contribution >= 0.6 is 24.0 Å². The fraction of sp³-hybridized carbons (Fsp3) is 0.350. The van der Waals surface area contributed by atoms with E-state index in [1.54, 1.807) is 24.3 Å². The Bertz CT molecular complexity index is 719. The number of aryl methyl sites for hydroxylation is 1. The summed E-state index contributed by atoms with van der Waals surface area (Å²) in [5, 5.41) is 6.88. The van der Waals surface area contributed by atoms with Gasteiger partial charge in [0.05, 0.1) is 20.6 Å². The molecule has 7 heteroatoms. The fourth-order valence-corrected chi connectivity index (χ4v) is 3.43. The Morgan fingerprint density at radius 3 is 2.22 bits per heavy atom. The molecule has 0 aliphatic carbocycles. The average Bonchev–Trinajstić information content (AvgIpc) is 2.63. The third-order valence-corrected chi connectivity index (χ3v) is 5.26. The van der Waals surface area contributed by atoms with Gasteiger partial charge in [0.15, 0.2) is 5.11 Å². The number of anilines is 1. The average molecular weight is 411 g/mol. The molecule has 2 rings (SSSR count). The second-order valence-corrected chi connectivity index (χ2v) is 7.93. The van der Waals surface area contributed by atoms with E-state index in [0.29, 0.717) is 28.3 Å². The summed E-state index contributed by atoms with van der Waals surface area (Å²) in [5.74, 6) is -2.41. The van der Waals surface area contributed by atoms with Crippen LogP contribution in [0.4, 0.5) is 14.5 Å². The smallest absolute Gasteiger partial charge is 0.288 e. The van der Waals surface area contributed by atoms with E-state index in [0.717, 1.165) is 12.1 Å². The fourth-order valence-electron chi connectivity index (χ4n) is 2.73. The molecule has 0 fully saturated rings. The van der Waals surface area contributed by atoms with Crippen LogP contribution in [0, 0.1) is 0 Å². The van der Waals surface area contributed by atoms with E-state index in [9.17, 15) is 8.78 Å². The van der Waals surface area contributed by atoms with Crippen molar-refractivity contribution in [2.75, 3.05) is 26.0 Å². The van der Waals surface area contributed by atoms with Crippen LogP contribution in [0.25, 0.3) is 0 Å². The molecule has 0 amide bonds. The van der Waals surface area contributed by atoms with Gasteiger partial charge < -0.3 is 15.5 Å². The highest BCUT2D eigenvalue weighted by atomic mass is 32.2. The Morgan fingerprint density at radius 2 is 1.70 bits per heavy atom. The van der Waals surface area contributed by atoms with E-state index in [2.05, 4.69) is 55.9 Å². The normalized spacial score (nSPS) is 12.3. The van der Waals surface area contributed by atoms with Crippen LogP contribution in [-0.2, 0) is 6.42 Å². The lowest BCUT2D eigenvalue weighted by atomic mass is 10.0. The van der Waals surface area contributed by atoms with Crippen molar-refractivity contribution in [1.29, 1.82) is 0 Å². The van der Waals surface area contributed by atoms with Crippen molar-refractivity contribution in [3.05, 3.63) is 59.7 Å². The van der Waals surface area contributed by atoms with Gasteiger partial charge in [-0.15, -0.1) is 0 Å². The standard InChI is InChI=1S/C20H25F2N3S2/c1-4-14-5-7-15(8-6-14)18(25(2)3)13-23-20(26)24-16-9-11-17(12-10-16)27-19(21)22/h5-12,18-19H,4,13H2,1-3H3,(H2,23,24,26)/p+1/t18-/m0/s1. The zero-order chi connectivity index (χ0) is 19.8. The van der Waals surface area contributed by atoms with Gasteiger partial charge in [0.25, 0.3) is 5.76 Å². The molecule has 0 bridgehead atoms. The number of halogens is 2. The maximum Gasteiger partial charge on any atom is 0.288 e. The molecule has 2 aromatic carbocycles. The lowest BCUT2D eigenvalue weighted by Crippen LogP contribution is -3.07. The summed E-state index contributed by atoms with van der Waals surface area (Å²) in [6.45, 7) is 2.84. The molecule has 0 aliphatic heterocycles. The van der Waals surface area contributed by atoms with Gasteiger partial charge in [-0.3, -0.25) is 0 Å². The van der Waals surface area contributed by atoms with Gasteiger partial charge in [-0.25, -0.2) is 0 Å². The number of quaternary nitrogens is 1. The summed E-state index contributed by atoms with van der Waals surface area (Å²) in [6, 6.07) is 15.8. The Labute approximate surface area is 169 Å². The predicted octanol–water partition coefficient (Wildman–Crippen LogP) is 3.74. The third-order valence-electron chi connectivity index (χ3n) is 4.29. The second kappa shape index (κ2) is 10.6. The molecule has 1 atom stereocenters. The predicted molar refractivity (Wildman–Crippen MR) is 114 cm³/mol. The lowest BCUT2D eigenvalue weighted by Gasteiger charge is -2.23. The first-order valence-corrected chi connectivity index (χ1v) is 10.2. The zero-order valence-electron chi connectivity index (χ0n) is 15.8. The first-order chi connectivity index (χ1) is 12.9. The van der Waals surface area contributed by atoms with E-state index < -0.39 is 5.76 Å². The molecule has 3 nitrogen and oxygen atoms in total. The summed E-state index contributed by atoms with van der Waals surface area (Å²) >= 11 is 5.91. The third kappa shape index (κ3) is 7.08. The molecule has 146 valence electrons. The summed E-state index contributed by atoms with van der Waals surface area (Å²) in [5.41, 5.74) is 3.35. The number of hydrogen-bond donors (Lipinski definition) is 3. The number of likely N-dealkylation sites (N-methyl/N-ethyl adjacent to an activating group) is 1. The number of benzene rings is 2. The van der Waals surface area contributed by atoms with Crippen LogP contribution in [0.3, 0.4) is 0 Å². The number of nitrogens with one attached hydrogen (secondary N) is 3. The number of thiocarbonyl (C=S) groups is 1. The van der Waals surface area contributed by atoms with Crippen LogP contribution in [0.5, 0.6) is 0 Å². The SMILES string of the molecule is CCc1ccc([C@H](CNC(=S)Nc2ccc(SC(F)F)cc2)[NH+](C)C)cc1. The minimum atomic E-state index is -2.41. The molecule has 0 aliphatic rings. The maximum atomic E-state index is 12.4. The van der Waals surface area contributed by atoms with Crippen LogP contribution in [0.2, 0.25) is 0 Å². The van der Waals surface area contributed by atoms with Crippen LogP contribution in [0.15, 0.2) is 53.4 Å². The number of hydrogen-bond acceptors (Lipinski definition) is 2. The Hall–Kier alpha value is -1.70. The van der Waals surface area contributed by atoms with Crippen LogP contribution in [-0.4, -0.2) is 31.5 Å². The highest BCUT2D eigenvalue weighted by molar-refractivity contribution is 7.99. The van der Waals surface area contributed by atoms with Crippen LogP contribution in [0.1, 0.15) is 24.1 Å². The van der Waals surface area contributed by atoms with E-state index in [4.69, 9.17) is 12.2 Å². The summed E-state index contributed by atoms with van der Waals surface area (Å²) < 4.78 is 24.7.